The molecule has 0 radical (unpaired) electrons. The lowest BCUT2D eigenvalue weighted by Crippen LogP contribution is -2.65. The Balaban J connectivity index is 1.71. The van der Waals surface area contributed by atoms with Crippen LogP contribution in [-0.4, -0.2) is 93.4 Å². The normalized spacial score (nSPS) is 25.6. The average molecular weight is 562 g/mol. The molecular weight excluding hydrogens is 530 g/mol. The highest BCUT2D eigenvalue weighted by Crippen LogP contribution is 2.53. The largest absolute Gasteiger partial charge is 0.508 e. The van der Waals surface area contributed by atoms with E-state index < -0.39 is 58.0 Å². The number of phenolic OH excluding ortho intramolecular Hbond substituents is 1. The van der Waals surface area contributed by atoms with E-state index in [-0.39, 0.29) is 35.6 Å². The molecule has 5 rings (SSSR count). The van der Waals surface area contributed by atoms with Gasteiger partial charge in [-0.25, -0.2) is 0 Å². The maximum Gasteiger partial charge on any atom is 0.255 e. The highest BCUT2D eigenvalue weighted by Gasteiger charge is 2.64. The molecule has 6 N–H and O–H groups in total. The first kappa shape index (κ1) is 28.1. The number of nitrogens with two attached hydrogens (primary N) is 1. The van der Waals surface area contributed by atoms with Gasteiger partial charge in [0.2, 0.25) is 5.78 Å². The van der Waals surface area contributed by atoms with E-state index in [2.05, 4.69) is 0 Å². The van der Waals surface area contributed by atoms with Gasteiger partial charge in [0.25, 0.3) is 11.8 Å². The number of hydrogen-bond donors (Lipinski definition) is 5. The molecule has 0 aliphatic heterocycles. The number of carbonyl (C=O) groups is 4. The molecule has 2 aromatic rings. The number of benzene rings is 2. The zero-order chi connectivity index (χ0) is 30.1. The van der Waals surface area contributed by atoms with Gasteiger partial charge >= 0.3 is 0 Å². The lowest BCUT2D eigenvalue weighted by Gasteiger charge is -2.50. The lowest BCUT2D eigenvalue weighted by molar-refractivity contribution is -0.153. The summed E-state index contributed by atoms with van der Waals surface area (Å²) >= 11 is 0. The second-order valence-electron chi connectivity index (χ2n) is 11.2. The molecule has 1 fully saturated rings. The van der Waals surface area contributed by atoms with E-state index >= 15 is 0 Å². The van der Waals surface area contributed by atoms with E-state index in [0.29, 0.717) is 22.3 Å². The van der Waals surface area contributed by atoms with E-state index in [4.69, 9.17) is 5.73 Å². The Hall–Kier alpha value is -4.48. The number of phenols is 1. The van der Waals surface area contributed by atoms with Gasteiger partial charge in [-0.05, 0) is 67.7 Å². The number of carbonyl (C=O) groups excluding carboxylic acids is 4. The first-order valence-corrected chi connectivity index (χ1v) is 13.0. The molecule has 214 valence electrons. The van der Waals surface area contributed by atoms with Crippen molar-refractivity contribution in [1.82, 2.24) is 9.80 Å². The zero-order valence-electron chi connectivity index (χ0n) is 23.0. The van der Waals surface area contributed by atoms with Gasteiger partial charge in [-0.1, -0.05) is 18.2 Å². The van der Waals surface area contributed by atoms with Gasteiger partial charge in [0, 0.05) is 31.1 Å². The van der Waals surface area contributed by atoms with Crippen LogP contribution in [0.3, 0.4) is 0 Å². The van der Waals surface area contributed by atoms with E-state index in [1.54, 1.807) is 58.5 Å². The number of fused-ring (bicyclic) bond motifs is 3. The van der Waals surface area contributed by atoms with Gasteiger partial charge in [-0.2, -0.15) is 0 Å². The van der Waals surface area contributed by atoms with Crippen molar-refractivity contribution >= 4 is 29.1 Å². The molecule has 0 heterocycles. The second kappa shape index (κ2) is 9.57. The second-order valence-corrected chi connectivity index (χ2v) is 11.2. The van der Waals surface area contributed by atoms with Crippen LogP contribution in [0.1, 0.15) is 27.9 Å². The van der Waals surface area contributed by atoms with Crippen molar-refractivity contribution in [2.75, 3.05) is 28.2 Å². The first-order valence-electron chi connectivity index (χ1n) is 13.0. The molecule has 0 spiro atoms. The minimum Gasteiger partial charge on any atom is -0.508 e. The maximum absolute atomic E-state index is 14.0. The van der Waals surface area contributed by atoms with Crippen LogP contribution in [0.4, 0.5) is 0 Å². The Morgan fingerprint density at radius 1 is 1.02 bits per heavy atom. The molecule has 0 aromatic heterocycles. The summed E-state index contributed by atoms with van der Waals surface area (Å²) in [5.41, 5.74) is 3.79. The molecule has 41 heavy (non-hydrogen) atoms. The summed E-state index contributed by atoms with van der Waals surface area (Å²) in [4.78, 5) is 54.9. The molecule has 0 bridgehead atoms. The Labute approximate surface area is 235 Å². The smallest absolute Gasteiger partial charge is 0.255 e. The van der Waals surface area contributed by atoms with Crippen LogP contribution in [0.2, 0.25) is 0 Å². The summed E-state index contributed by atoms with van der Waals surface area (Å²) < 4.78 is 0. The molecule has 1 saturated carbocycles. The van der Waals surface area contributed by atoms with Crippen LogP contribution in [-0.2, 0) is 20.8 Å². The van der Waals surface area contributed by atoms with Gasteiger partial charge in [0.15, 0.2) is 11.4 Å². The van der Waals surface area contributed by atoms with Crippen molar-refractivity contribution in [2.45, 2.75) is 24.5 Å². The molecule has 2 aromatic carbocycles. The van der Waals surface area contributed by atoms with Gasteiger partial charge in [-0.15, -0.1) is 0 Å². The molecule has 11 nitrogen and oxygen atoms in total. The number of aliphatic hydroxyl groups is 3. The van der Waals surface area contributed by atoms with Crippen LogP contribution in [0.25, 0.3) is 16.9 Å². The average Bonchev–Trinajstić information content (AvgIpc) is 2.90. The third-order valence-corrected chi connectivity index (χ3v) is 8.43. The van der Waals surface area contributed by atoms with Gasteiger partial charge < -0.3 is 31.1 Å². The molecule has 3 aliphatic rings. The monoisotopic (exact) mass is 561 g/mol. The number of amides is 2. The van der Waals surface area contributed by atoms with Crippen molar-refractivity contribution < 1.29 is 39.6 Å². The summed E-state index contributed by atoms with van der Waals surface area (Å²) in [5, 5.41) is 44.9. The van der Waals surface area contributed by atoms with Crippen molar-refractivity contribution in [3.05, 3.63) is 70.0 Å². The van der Waals surface area contributed by atoms with Crippen molar-refractivity contribution in [3.63, 3.8) is 0 Å². The number of nitrogens with zero attached hydrogens (tertiary/aromatic N) is 2. The predicted molar refractivity (Wildman–Crippen MR) is 148 cm³/mol. The van der Waals surface area contributed by atoms with Crippen molar-refractivity contribution in [3.8, 4) is 16.9 Å². The molecule has 11 heteroatoms. The Morgan fingerprint density at radius 2 is 1.71 bits per heavy atom. The predicted octanol–water partition coefficient (Wildman–Crippen LogP) is 1.33. The fourth-order valence-electron chi connectivity index (χ4n) is 6.59. The Kier molecular flexibility index (Phi) is 6.55. The standard InChI is InChI=1S/C30H31N3O8/c1-32(2)23-18-12-15-11-17-16(13-6-5-7-14(10-13)29(40)33(3)4)8-9-19(34)21(17)24(35)20(15)26(37)30(18,41)27(38)22(25(23)36)28(31)39/h5-10,15,18,23,34-35,38,41H,11-12H2,1-4H3,(H2,31,39)/t15-,18-,23-,30-/m1/s1. The molecule has 3 aliphatic carbocycles. The summed E-state index contributed by atoms with van der Waals surface area (Å²) in [7, 11) is 6.37. The molecule has 0 saturated heterocycles. The summed E-state index contributed by atoms with van der Waals surface area (Å²) in [5.74, 6) is -7.25. The molecule has 0 unspecified atom stereocenters. The number of ketones is 2. The van der Waals surface area contributed by atoms with E-state index in [9.17, 15) is 39.6 Å². The number of Topliss-reactive ketones (excluding diaryl/α,β-unsaturated/α-hetero) is 2. The van der Waals surface area contributed by atoms with E-state index in [0.717, 1.165) is 0 Å². The number of hydrogen-bond acceptors (Lipinski definition) is 9. The molecule has 4 atom stereocenters. The van der Waals surface area contributed by atoms with Gasteiger partial charge in [0.1, 0.15) is 22.8 Å². The van der Waals surface area contributed by atoms with Crippen LogP contribution in [0.15, 0.2) is 53.3 Å². The SMILES string of the molecule is CN(C)C(=O)c1cccc(-c2ccc(O)c3c2C[C@@H]2C[C@@H]4[C@@H](N(C)C)C(=O)C(C(N)=O)=C(O)[C@]4(O)C(=O)C2=C3O)c1. The quantitative estimate of drug-likeness (QED) is 0.344. The van der Waals surface area contributed by atoms with Crippen LogP contribution in [0, 0.1) is 11.8 Å². The van der Waals surface area contributed by atoms with Crippen molar-refractivity contribution in [1.29, 1.82) is 0 Å². The molecular formula is C30H31N3O8. The highest BCUT2D eigenvalue weighted by atomic mass is 16.3. The minimum atomic E-state index is -2.70. The lowest BCUT2D eigenvalue weighted by atomic mass is 9.57. The van der Waals surface area contributed by atoms with Gasteiger partial charge in [-0.3, -0.25) is 24.1 Å². The Morgan fingerprint density at radius 3 is 2.32 bits per heavy atom. The van der Waals surface area contributed by atoms with E-state index in [1.165, 1.54) is 15.9 Å². The summed E-state index contributed by atoms with van der Waals surface area (Å²) in [6, 6.07) is 8.75. The van der Waals surface area contributed by atoms with Gasteiger partial charge in [0.05, 0.1) is 11.6 Å². The summed E-state index contributed by atoms with van der Waals surface area (Å²) in [6.45, 7) is 0. The van der Waals surface area contributed by atoms with Crippen molar-refractivity contribution in [2.24, 2.45) is 17.6 Å². The summed E-state index contributed by atoms with van der Waals surface area (Å²) in [6.07, 6.45) is 0.129. The first-order chi connectivity index (χ1) is 19.2. The molecule has 2 amide bonds. The van der Waals surface area contributed by atoms with Crippen LogP contribution in [0.5, 0.6) is 5.75 Å². The number of aromatic hydroxyl groups is 1. The minimum absolute atomic E-state index is 0.0110. The fraction of sp³-hybridized carbons (Fsp3) is 0.333. The number of aliphatic hydroxyl groups excluding tert-OH is 2. The highest BCUT2D eigenvalue weighted by molar-refractivity contribution is 6.24. The Bertz CT molecular complexity index is 1600. The van der Waals surface area contributed by atoms with Crippen LogP contribution < -0.4 is 5.73 Å². The third-order valence-electron chi connectivity index (χ3n) is 8.43. The number of rotatable bonds is 4. The third kappa shape index (κ3) is 3.95. The van der Waals surface area contributed by atoms with E-state index in [1.807, 2.05) is 0 Å². The fourth-order valence-corrected chi connectivity index (χ4v) is 6.59. The topological polar surface area (TPSA) is 182 Å². The number of primary amides is 1. The van der Waals surface area contributed by atoms with Crippen LogP contribution >= 0.6 is 0 Å². The maximum atomic E-state index is 14.0. The zero-order valence-corrected chi connectivity index (χ0v) is 23.0. The number of likely N-dealkylation sites (N-methyl/N-ethyl adjacent to an activating group) is 1.